The van der Waals surface area contributed by atoms with Crippen LogP contribution in [0.25, 0.3) is 0 Å². The van der Waals surface area contributed by atoms with Crippen molar-refractivity contribution < 1.29 is 4.79 Å². The molecule has 0 aromatic heterocycles. The summed E-state index contributed by atoms with van der Waals surface area (Å²) < 4.78 is 0. The zero-order valence-corrected chi connectivity index (χ0v) is 12.1. The van der Waals surface area contributed by atoms with Gasteiger partial charge in [-0.25, -0.2) is 0 Å². The number of fused-ring (bicyclic) bond motifs is 1. The lowest BCUT2D eigenvalue weighted by molar-refractivity contribution is -0.119. The van der Waals surface area contributed by atoms with E-state index in [0.29, 0.717) is 0 Å². The van der Waals surface area contributed by atoms with Crippen LogP contribution in [0, 0.1) is 6.92 Å². The SMILES string of the molecule is CC.CC.Cc1ccc2c(c1)NC(=O)C2(C)C. The van der Waals surface area contributed by atoms with E-state index in [1.54, 1.807) is 0 Å². The lowest BCUT2D eigenvalue weighted by Gasteiger charge is -2.14. The fraction of sp³-hybridized carbons (Fsp3) is 0.533. The van der Waals surface area contributed by atoms with Crippen LogP contribution in [-0.4, -0.2) is 5.91 Å². The molecule has 0 atom stereocenters. The van der Waals surface area contributed by atoms with E-state index >= 15 is 0 Å². The zero-order valence-electron chi connectivity index (χ0n) is 12.1. The standard InChI is InChI=1S/C11H13NO.2C2H6/c1-7-4-5-8-9(6-7)12-10(13)11(8,2)3;2*1-2/h4-6H,1-3H3,(H,12,13);2*1-2H3. The fourth-order valence-corrected chi connectivity index (χ4v) is 1.71. The second-order valence-corrected chi connectivity index (χ2v) is 4.13. The maximum atomic E-state index is 11.6. The summed E-state index contributed by atoms with van der Waals surface area (Å²) in [4.78, 5) is 11.6. The minimum absolute atomic E-state index is 0.0908. The van der Waals surface area contributed by atoms with Gasteiger partial charge < -0.3 is 5.32 Å². The molecule has 2 heteroatoms. The minimum Gasteiger partial charge on any atom is -0.325 e. The Kier molecular flexibility index (Phi) is 5.94. The molecule has 1 aromatic carbocycles. The van der Waals surface area contributed by atoms with E-state index in [1.165, 1.54) is 5.56 Å². The van der Waals surface area contributed by atoms with Gasteiger partial charge in [-0.15, -0.1) is 0 Å². The number of benzene rings is 1. The van der Waals surface area contributed by atoms with Crippen molar-refractivity contribution in [1.29, 1.82) is 0 Å². The molecule has 0 saturated heterocycles. The highest BCUT2D eigenvalue weighted by Crippen LogP contribution is 2.37. The van der Waals surface area contributed by atoms with Gasteiger partial charge in [-0.2, -0.15) is 0 Å². The van der Waals surface area contributed by atoms with Crippen molar-refractivity contribution in [3.8, 4) is 0 Å². The Labute approximate surface area is 105 Å². The first-order valence-electron chi connectivity index (χ1n) is 6.44. The van der Waals surface area contributed by atoms with Gasteiger partial charge in [-0.05, 0) is 38.0 Å². The van der Waals surface area contributed by atoms with Gasteiger partial charge in [0.05, 0.1) is 5.41 Å². The number of anilines is 1. The molecular weight excluding hydrogens is 210 g/mol. The third-order valence-corrected chi connectivity index (χ3v) is 2.66. The number of hydrogen-bond acceptors (Lipinski definition) is 1. The van der Waals surface area contributed by atoms with Crippen LogP contribution in [0.5, 0.6) is 0 Å². The van der Waals surface area contributed by atoms with E-state index in [-0.39, 0.29) is 11.3 Å². The lowest BCUT2D eigenvalue weighted by atomic mass is 9.86. The van der Waals surface area contributed by atoms with Crippen molar-refractivity contribution in [3.63, 3.8) is 0 Å². The minimum atomic E-state index is -0.372. The van der Waals surface area contributed by atoms with E-state index in [9.17, 15) is 4.79 Å². The molecule has 1 aliphatic heterocycles. The highest BCUT2D eigenvalue weighted by Gasteiger charge is 2.37. The number of hydrogen-bond donors (Lipinski definition) is 1. The zero-order chi connectivity index (χ0) is 13.6. The number of aryl methyl sites for hydroxylation is 1. The van der Waals surface area contributed by atoms with Gasteiger partial charge in [0, 0.05) is 5.69 Å². The van der Waals surface area contributed by atoms with Crippen LogP contribution in [-0.2, 0) is 10.2 Å². The summed E-state index contributed by atoms with van der Waals surface area (Å²) in [6.07, 6.45) is 0. The lowest BCUT2D eigenvalue weighted by Crippen LogP contribution is -2.26. The van der Waals surface area contributed by atoms with Gasteiger partial charge in [-0.3, -0.25) is 4.79 Å². The summed E-state index contributed by atoms with van der Waals surface area (Å²) in [6.45, 7) is 13.9. The monoisotopic (exact) mass is 235 g/mol. The second kappa shape index (κ2) is 6.43. The summed E-state index contributed by atoms with van der Waals surface area (Å²) in [6, 6.07) is 6.09. The van der Waals surface area contributed by atoms with Crippen molar-refractivity contribution in [2.24, 2.45) is 0 Å². The van der Waals surface area contributed by atoms with E-state index in [2.05, 4.69) is 5.32 Å². The summed E-state index contributed by atoms with van der Waals surface area (Å²) >= 11 is 0. The first-order chi connectivity index (χ1) is 8.01. The van der Waals surface area contributed by atoms with Crippen molar-refractivity contribution in [2.75, 3.05) is 5.32 Å². The molecule has 0 bridgehead atoms. The molecule has 0 saturated carbocycles. The van der Waals surface area contributed by atoms with Crippen LogP contribution in [0.4, 0.5) is 5.69 Å². The summed E-state index contributed by atoms with van der Waals surface area (Å²) in [7, 11) is 0. The first kappa shape index (κ1) is 15.7. The number of rotatable bonds is 0. The third-order valence-electron chi connectivity index (χ3n) is 2.66. The Balaban J connectivity index is 0.000000581. The molecule has 1 aliphatic rings. The maximum Gasteiger partial charge on any atom is 0.234 e. The number of carbonyl (C=O) groups is 1. The Morgan fingerprint density at radius 2 is 1.59 bits per heavy atom. The van der Waals surface area contributed by atoms with Crippen molar-refractivity contribution in [2.45, 2.75) is 53.9 Å². The molecule has 96 valence electrons. The highest BCUT2D eigenvalue weighted by molar-refractivity contribution is 6.05. The van der Waals surface area contributed by atoms with Crippen LogP contribution >= 0.6 is 0 Å². The molecular formula is C15H25NO. The molecule has 0 aliphatic carbocycles. The Morgan fingerprint density at radius 3 is 2.12 bits per heavy atom. The van der Waals surface area contributed by atoms with Gasteiger partial charge in [0.25, 0.3) is 0 Å². The molecule has 1 N–H and O–H groups in total. The average Bonchev–Trinajstić information content (AvgIpc) is 2.55. The van der Waals surface area contributed by atoms with Crippen LogP contribution in [0.15, 0.2) is 18.2 Å². The van der Waals surface area contributed by atoms with Gasteiger partial charge in [0.15, 0.2) is 0 Å². The molecule has 1 heterocycles. The van der Waals surface area contributed by atoms with E-state index in [1.807, 2.05) is 66.7 Å². The van der Waals surface area contributed by atoms with Crippen molar-refractivity contribution in [1.82, 2.24) is 0 Å². The predicted octanol–water partition coefficient (Wildman–Crippen LogP) is 4.28. The average molecular weight is 235 g/mol. The van der Waals surface area contributed by atoms with Crippen LogP contribution in [0.1, 0.15) is 52.7 Å². The van der Waals surface area contributed by atoms with Gasteiger partial charge in [0.1, 0.15) is 0 Å². The topological polar surface area (TPSA) is 29.1 Å². The molecule has 17 heavy (non-hydrogen) atoms. The normalized spacial score (nSPS) is 14.6. The highest BCUT2D eigenvalue weighted by atomic mass is 16.2. The summed E-state index contributed by atoms with van der Waals surface area (Å²) in [5, 5.41) is 2.89. The van der Waals surface area contributed by atoms with Crippen LogP contribution < -0.4 is 5.32 Å². The third kappa shape index (κ3) is 3.09. The number of nitrogens with one attached hydrogen (secondary N) is 1. The molecule has 2 rings (SSSR count). The number of amides is 1. The van der Waals surface area contributed by atoms with Crippen LogP contribution in [0.2, 0.25) is 0 Å². The molecule has 1 amide bonds. The van der Waals surface area contributed by atoms with Gasteiger partial charge >= 0.3 is 0 Å². The predicted molar refractivity (Wildman–Crippen MR) is 75.5 cm³/mol. The van der Waals surface area contributed by atoms with Crippen molar-refractivity contribution >= 4 is 11.6 Å². The molecule has 0 radical (unpaired) electrons. The molecule has 2 nitrogen and oxygen atoms in total. The Bertz CT molecular complexity index is 381. The maximum absolute atomic E-state index is 11.6. The molecule has 0 unspecified atom stereocenters. The largest absolute Gasteiger partial charge is 0.325 e. The fourth-order valence-electron chi connectivity index (χ4n) is 1.71. The summed E-state index contributed by atoms with van der Waals surface area (Å²) in [5.74, 6) is 0.0908. The first-order valence-corrected chi connectivity index (χ1v) is 6.44. The van der Waals surface area contributed by atoms with E-state index in [0.717, 1.165) is 11.3 Å². The molecule has 0 spiro atoms. The molecule has 1 aromatic rings. The van der Waals surface area contributed by atoms with Crippen LogP contribution in [0.3, 0.4) is 0 Å². The van der Waals surface area contributed by atoms with E-state index in [4.69, 9.17) is 0 Å². The smallest absolute Gasteiger partial charge is 0.234 e. The van der Waals surface area contributed by atoms with Gasteiger partial charge in [-0.1, -0.05) is 39.8 Å². The quantitative estimate of drug-likeness (QED) is 0.714. The second-order valence-electron chi connectivity index (χ2n) is 4.13. The number of carbonyl (C=O) groups excluding carboxylic acids is 1. The Hall–Kier alpha value is -1.31. The van der Waals surface area contributed by atoms with E-state index < -0.39 is 0 Å². The molecule has 0 fully saturated rings. The summed E-state index contributed by atoms with van der Waals surface area (Å²) in [5.41, 5.74) is 2.87. The van der Waals surface area contributed by atoms with Gasteiger partial charge in [0.2, 0.25) is 5.91 Å². The van der Waals surface area contributed by atoms with Crippen molar-refractivity contribution in [3.05, 3.63) is 29.3 Å². The Morgan fingerprint density at radius 1 is 1.06 bits per heavy atom.